The maximum Gasteiger partial charge on any atom is 0.339 e. The van der Waals surface area contributed by atoms with Gasteiger partial charge in [0.2, 0.25) is 0 Å². The molecular weight excluding hydrogens is 306 g/mol. The molecule has 0 aliphatic carbocycles. The number of carboxylic acid groups (broad SMARTS) is 1. The number of fused-ring (bicyclic) bond motifs is 1. The molecule has 0 aliphatic rings. The van der Waals surface area contributed by atoms with Crippen LogP contribution < -0.4 is 0 Å². The minimum atomic E-state index is -1.00. The number of aromatic carboxylic acids is 1. The molecule has 0 unspecified atom stereocenters. The van der Waals surface area contributed by atoms with Crippen LogP contribution in [0.15, 0.2) is 55.0 Å². The Hall–Kier alpha value is -3.48. The molecule has 0 aromatic carbocycles. The summed E-state index contributed by atoms with van der Waals surface area (Å²) in [5, 5.41) is 17.7. The summed E-state index contributed by atoms with van der Waals surface area (Å²) in [4.78, 5) is 15.8. The van der Waals surface area contributed by atoms with Crippen LogP contribution in [0.1, 0.15) is 16.1 Å². The minimum Gasteiger partial charge on any atom is -0.478 e. The van der Waals surface area contributed by atoms with Crippen molar-refractivity contribution in [2.45, 2.75) is 6.92 Å². The maximum atomic E-state index is 11.3. The lowest BCUT2D eigenvalue weighted by atomic mass is 10.1. The maximum absolute atomic E-state index is 11.3. The smallest absolute Gasteiger partial charge is 0.339 e. The van der Waals surface area contributed by atoms with E-state index in [0.717, 1.165) is 17.0 Å². The molecule has 0 spiro atoms. The number of aryl methyl sites for hydroxylation is 1. The first-order chi connectivity index (χ1) is 11.6. The van der Waals surface area contributed by atoms with E-state index in [2.05, 4.69) is 15.2 Å². The highest BCUT2D eigenvalue weighted by Gasteiger charge is 2.14. The normalized spacial score (nSPS) is 11.0. The average Bonchev–Trinajstić information content (AvgIpc) is 3.21. The zero-order valence-electron chi connectivity index (χ0n) is 12.8. The highest BCUT2D eigenvalue weighted by molar-refractivity contribution is 5.96. The Morgan fingerprint density at radius 2 is 2.04 bits per heavy atom. The van der Waals surface area contributed by atoms with Gasteiger partial charge in [-0.2, -0.15) is 10.2 Å². The molecule has 0 amide bonds. The number of carbonyl (C=O) groups is 1. The van der Waals surface area contributed by atoms with E-state index in [4.69, 9.17) is 0 Å². The predicted octanol–water partition coefficient (Wildman–Crippen LogP) is 2.59. The van der Waals surface area contributed by atoms with E-state index in [1.165, 1.54) is 6.20 Å². The van der Waals surface area contributed by atoms with Gasteiger partial charge in [0, 0.05) is 17.5 Å². The summed E-state index contributed by atoms with van der Waals surface area (Å²) < 4.78 is 3.27. The van der Waals surface area contributed by atoms with Crippen molar-refractivity contribution in [3.63, 3.8) is 0 Å². The highest BCUT2D eigenvalue weighted by Crippen LogP contribution is 2.24. The van der Waals surface area contributed by atoms with Crippen molar-refractivity contribution in [1.82, 2.24) is 24.4 Å². The molecule has 118 valence electrons. The van der Waals surface area contributed by atoms with E-state index in [-0.39, 0.29) is 5.56 Å². The Bertz CT molecular complexity index is 1060. The average molecular weight is 319 g/mol. The second-order valence-corrected chi connectivity index (χ2v) is 5.37. The van der Waals surface area contributed by atoms with Gasteiger partial charge in [0.05, 0.1) is 23.6 Å². The lowest BCUT2D eigenvalue weighted by Crippen LogP contribution is -2.03. The molecule has 0 fully saturated rings. The largest absolute Gasteiger partial charge is 0.478 e. The molecule has 4 aromatic rings. The number of hydrogen-bond acceptors (Lipinski definition) is 4. The van der Waals surface area contributed by atoms with Gasteiger partial charge in [-0.15, -0.1) is 0 Å². The fraction of sp³-hybridized carbons (Fsp3) is 0.0588. The van der Waals surface area contributed by atoms with Gasteiger partial charge in [0.25, 0.3) is 0 Å². The number of aromatic nitrogens is 5. The molecule has 4 aromatic heterocycles. The van der Waals surface area contributed by atoms with Gasteiger partial charge in [0.1, 0.15) is 5.56 Å². The van der Waals surface area contributed by atoms with Crippen molar-refractivity contribution in [2.75, 3.05) is 0 Å². The third-order valence-corrected chi connectivity index (χ3v) is 3.78. The first-order valence-corrected chi connectivity index (χ1v) is 7.32. The summed E-state index contributed by atoms with van der Waals surface area (Å²) in [6, 6.07) is 11.3. The Labute approximate surface area is 136 Å². The van der Waals surface area contributed by atoms with Crippen LogP contribution >= 0.6 is 0 Å². The van der Waals surface area contributed by atoms with Crippen LogP contribution in [0.4, 0.5) is 0 Å². The van der Waals surface area contributed by atoms with Crippen molar-refractivity contribution < 1.29 is 9.90 Å². The zero-order chi connectivity index (χ0) is 16.7. The van der Waals surface area contributed by atoms with Crippen LogP contribution in [-0.4, -0.2) is 35.5 Å². The SMILES string of the molecule is Cc1cccc(-n2nccc2-c2ccn3ncc(C(=O)O)c3c2)n1. The van der Waals surface area contributed by atoms with Crippen LogP contribution in [0, 0.1) is 6.92 Å². The Balaban J connectivity index is 1.88. The first kappa shape index (κ1) is 14.1. The monoisotopic (exact) mass is 319 g/mol. The third kappa shape index (κ3) is 2.23. The molecule has 0 aliphatic heterocycles. The van der Waals surface area contributed by atoms with Crippen LogP contribution in [-0.2, 0) is 0 Å². The zero-order valence-corrected chi connectivity index (χ0v) is 12.8. The number of carboxylic acids is 1. The van der Waals surface area contributed by atoms with Gasteiger partial charge < -0.3 is 5.11 Å². The summed E-state index contributed by atoms with van der Waals surface area (Å²) in [5.74, 6) is -0.294. The van der Waals surface area contributed by atoms with E-state index in [0.29, 0.717) is 11.3 Å². The number of rotatable bonds is 3. The van der Waals surface area contributed by atoms with Crippen molar-refractivity contribution in [3.8, 4) is 17.1 Å². The van der Waals surface area contributed by atoms with Crippen molar-refractivity contribution in [1.29, 1.82) is 0 Å². The number of hydrogen-bond donors (Lipinski definition) is 1. The second kappa shape index (κ2) is 5.31. The topological polar surface area (TPSA) is 85.3 Å². The van der Waals surface area contributed by atoms with Gasteiger partial charge in [-0.1, -0.05) is 6.07 Å². The fourth-order valence-electron chi connectivity index (χ4n) is 2.66. The van der Waals surface area contributed by atoms with Crippen LogP contribution in [0.2, 0.25) is 0 Å². The van der Waals surface area contributed by atoms with Crippen molar-refractivity contribution in [3.05, 3.63) is 66.2 Å². The summed E-state index contributed by atoms with van der Waals surface area (Å²) in [7, 11) is 0. The third-order valence-electron chi connectivity index (χ3n) is 3.78. The van der Waals surface area contributed by atoms with Gasteiger partial charge in [0.15, 0.2) is 5.82 Å². The molecule has 0 saturated heterocycles. The molecule has 1 N–H and O–H groups in total. The molecule has 0 saturated carbocycles. The van der Waals surface area contributed by atoms with Gasteiger partial charge in [-0.05, 0) is 37.3 Å². The summed E-state index contributed by atoms with van der Waals surface area (Å²) in [6.45, 7) is 1.92. The van der Waals surface area contributed by atoms with Crippen LogP contribution in [0.3, 0.4) is 0 Å². The van der Waals surface area contributed by atoms with E-state index >= 15 is 0 Å². The second-order valence-electron chi connectivity index (χ2n) is 5.37. The van der Waals surface area contributed by atoms with Crippen LogP contribution in [0.25, 0.3) is 22.6 Å². The van der Waals surface area contributed by atoms with E-state index < -0.39 is 5.97 Å². The lowest BCUT2D eigenvalue weighted by Gasteiger charge is -2.08. The summed E-state index contributed by atoms with van der Waals surface area (Å²) in [6.07, 6.45) is 4.77. The molecule has 0 atom stereocenters. The number of pyridine rings is 2. The van der Waals surface area contributed by atoms with Crippen molar-refractivity contribution >= 4 is 11.5 Å². The van der Waals surface area contributed by atoms with Gasteiger partial charge >= 0.3 is 5.97 Å². The Morgan fingerprint density at radius 3 is 2.83 bits per heavy atom. The Morgan fingerprint density at radius 1 is 1.17 bits per heavy atom. The molecule has 0 radical (unpaired) electrons. The predicted molar refractivity (Wildman–Crippen MR) is 87.2 cm³/mol. The fourth-order valence-corrected chi connectivity index (χ4v) is 2.66. The molecule has 0 bridgehead atoms. The molecule has 24 heavy (non-hydrogen) atoms. The van der Waals surface area contributed by atoms with E-state index in [1.54, 1.807) is 27.7 Å². The van der Waals surface area contributed by atoms with Crippen molar-refractivity contribution in [2.24, 2.45) is 0 Å². The molecule has 4 rings (SSSR count). The van der Waals surface area contributed by atoms with E-state index in [1.807, 2.05) is 37.3 Å². The lowest BCUT2D eigenvalue weighted by molar-refractivity contribution is 0.0699. The highest BCUT2D eigenvalue weighted by atomic mass is 16.4. The molecule has 4 heterocycles. The summed E-state index contributed by atoms with van der Waals surface area (Å²) in [5.41, 5.74) is 3.26. The summed E-state index contributed by atoms with van der Waals surface area (Å²) >= 11 is 0. The quantitative estimate of drug-likeness (QED) is 0.627. The van der Waals surface area contributed by atoms with E-state index in [9.17, 15) is 9.90 Å². The molecular formula is C17H13N5O2. The number of nitrogens with zero attached hydrogens (tertiary/aromatic N) is 5. The van der Waals surface area contributed by atoms with Gasteiger partial charge in [-0.25, -0.2) is 19.0 Å². The standard InChI is InChI=1S/C17H13N5O2/c1-11-3-2-4-16(20-11)22-14(5-7-18-22)12-6-8-21-15(9-12)13(10-19-21)17(23)24/h2-10H,1H3,(H,23,24). The Kier molecular flexibility index (Phi) is 3.13. The molecule has 7 heteroatoms. The van der Waals surface area contributed by atoms with Crippen LogP contribution in [0.5, 0.6) is 0 Å². The molecule has 7 nitrogen and oxygen atoms in total. The minimum absolute atomic E-state index is 0.164. The first-order valence-electron chi connectivity index (χ1n) is 7.32. The van der Waals surface area contributed by atoms with Gasteiger partial charge in [-0.3, -0.25) is 0 Å².